The van der Waals surface area contributed by atoms with Gasteiger partial charge in [-0.1, -0.05) is 12.1 Å². The highest BCUT2D eigenvalue weighted by Gasteiger charge is 2.36. The minimum atomic E-state index is -3.85. The van der Waals surface area contributed by atoms with Crippen molar-refractivity contribution in [3.8, 4) is 0 Å². The van der Waals surface area contributed by atoms with E-state index in [1.165, 1.54) is 26.1 Å². The van der Waals surface area contributed by atoms with Crippen LogP contribution in [-0.2, 0) is 29.0 Å². The van der Waals surface area contributed by atoms with Gasteiger partial charge < -0.3 is 14.2 Å². The number of hydrogen-bond acceptors (Lipinski definition) is 7. The summed E-state index contributed by atoms with van der Waals surface area (Å²) in [5.74, 6) is 0.00900. The minimum absolute atomic E-state index is 0.00330. The van der Waals surface area contributed by atoms with Crippen LogP contribution in [0, 0.1) is 0 Å². The van der Waals surface area contributed by atoms with Gasteiger partial charge in [-0.05, 0) is 19.1 Å². The molecule has 0 radical (unpaired) electrons. The van der Waals surface area contributed by atoms with Crippen molar-refractivity contribution in [2.24, 2.45) is 0 Å². The van der Waals surface area contributed by atoms with Crippen LogP contribution in [0.4, 0.5) is 4.79 Å². The van der Waals surface area contributed by atoms with Gasteiger partial charge in [0.2, 0.25) is 6.29 Å². The number of sulfonamides is 1. The molecule has 0 saturated heterocycles. The average Bonchev–Trinajstić information content (AvgIpc) is 2.53. The molecule has 0 N–H and O–H groups in total. The quantitative estimate of drug-likeness (QED) is 0.450. The van der Waals surface area contributed by atoms with Crippen molar-refractivity contribution in [1.82, 2.24) is 4.31 Å². The smallest absolute Gasteiger partial charge is 0.452 e. The van der Waals surface area contributed by atoms with Crippen LogP contribution in [0.25, 0.3) is 5.76 Å². The van der Waals surface area contributed by atoms with Crippen LogP contribution in [0.5, 0.6) is 0 Å². The molecule has 1 heterocycles. The summed E-state index contributed by atoms with van der Waals surface area (Å²) in [5.41, 5.74) is 0.0324. The Morgan fingerprint density at radius 2 is 2.00 bits per heavy atom. The maximum atomic E-state index is 12.4. The van der Waals surface area contributed by atoms with E-state index >= 15 is 0 Å². The van der Waals surface area contributed by atoms with Crippen LogP contribution in [0.3, 0.4) is 0 Å². The van der Waals surface area contributed by atoms with E-state index in [0.717, 1.165) is 4.31 Å². The molecule has 24 heavy (non-hydrogen) atoms. The maximum absolute atomic E-state index is 12.4. The molecule has 1 aliphatic heterocycles. The highest BCUT2D eigenvalue weighted by atomic mass is 32.2. The third-order valence-electron chi connectivity index (χ3n) is 3.26. The number of rotatable bonds is 5. The number of nitrogens with zero attached hydrogens (tertiary/aromatic N) is 1. The van der Waals surface area contributed by atoms with E-state index in [1.807, 2.05) is 0 Å². The van der Waals surface area contributed by atoms with Gasteiger partial charge in [0.15, 0.2) is 12.0 Å². The number of fused-ring (bicyclic) bond motifs is 1. The molecule has 1 atom stereocenters. The molecule has 0 bridgehead atoms. The van der Waals surface area contributed by atoms with Gasteiger partial charge in [0.05, 0.1) is 11.5 Å². The van der Waals surface area contributed by atoms with E-state index < -0.39 is 22.5 Å². The summed E-state index contributed by atoms with van der Waals surface area (Å²) < 4.78 is 40.8. The fourth-order valence-electron chi connectivity index (χ4n) is 2.17. The summed E-state index contributed by atoms with van der Waals surface area (Å²) in [7, 11) is -2.61. The van der Waals surface area contributed by atoms with Crippen LogP contribution >= 0.6 is 0 Å². The normalized spacial score (nSPS) is 16.9. The lowest BCUT2D eigenvalue weighted by molar-refractivity contribution is -0.106. The lowest BCUT2D eigenvalue weighted by atomic mass is 10.1. The summed E-state index contributed by atoms with van der Waals surface area (Å²) in [5, 5.41) is 0. The molecular weight excluding hydrogens is 338 g/mol. The fraction of sp³-hybridized carbons (Fsp3) is 0.333. The molecule has 0 spiro atoms. The second-order valence-electron chi connectivity index (χ2n) is 4.79. The number of carbonyl (C=O) groups is 2. The van der Waals surface area contributed by atoms with Gasteiger partial charge in [-0.2, -0.15) is 0 Å². The maximum Gasteiger partial charge on any atom is 0.511 e. The number of carbonyl (C=O) groups excluding carboxylic acids is 2. The molecule has 0 aliphatic carbocycles. The van der Waals surface area contributed by atoms with Crippen LogP contribution < -0.4 is 0 Å². The highest BCUT2D eigenvalue weighted by Crippen LogP contribution is 2.36. The first-order chi connectivity index (χ1) is 11.3. The fourth-order valence-corrected chi connectivity index (χ4v) is 3.54. The molecular formula is C15H17NO7S. The molecule has 0 amide bonds. The third kappa shape index (κ3) is 3.21. The number of likely N-dealkylation sites (N-methyl/N-ethyl adjacent to an activating group) is 1. The third-order valence-corrected chi connectivity index (χ3v) is 5.09. The van der Waals surface area contributed by atoms with Gasteiger partial charge in [0.25, 0.3) is 10.0 Å². The van der Waals surface area contributed by atoms with Crippen molar-refractivity contribution in [3.05, 3.63) is 35.5 Å². The average molecular weight is 355 g/mol. The number of ether oxygens (including phenoxy) is 3. The predicted molar refractivity (Wildman–Crippen MR) is 83.0 cm³/mol. The molecule has 0 aromatic heterocycles. The van der Waals surface area contributed by atoms with Crippen molar-refractivity contribution in [3.63, 3.8) is 0 Å². The largest absolute Gasteiger partial charge is 0.511 e. The number of benzene rings is 1. The summed E-state index contributed by atoms with van der Waals surface area (Å²) in [6, 6.07) is 6.09. The minimum Gasteiger partial charge on any atom is -0.452 e. The Morgan fingerprint density at radius 1 is 1.33 bits per heavy atom. The first-order valence-electron chi connectivity index (χ1n) is 7.10. The van der Waals surface area contributed by atoms with Crippen molar-refractivity contribution in [2.45, 2.75) is 25.0 Å². The van der Waals surface area contributed by atoms with Crippen molar-refractivity contribution < 1.29 is 32.2 Å². The molecule has 0 fully saturated rings. The SMILES string of the molecule is CCOC(=O)O[C@@H](C)OC1=C(C=O)N(C)S(=O)(=O)c2ccccc21. The summed E-state index contributed by atoms with van der Waals surface area (Å²) in [6.07, 6.45) is -1.64. The lowest BCUT2D eigenvalue weighted by Crippen LogP contribution is -2.33. The zero-order valence-electron chi connectivity index (χ0n) is 13.4. The Labute approximate surface area is 139 Å². The van der Waals surface area contributed by atoms with Gasteiger partial charge in [0, 0.05) is 19.5 Å². The molecule has 0 unspecified atom stereocenters. The van der Waals surface area contributed by atoms with Crippen molar-refractivity contribution >= 4 is 28.2 Å². The molecule has 1 aliphatic rings. The van der Waals surface area contributed by atoms with Crippen molar-refractivity contribution in [2.75, 3.05) is 13.7 Å². The molecule has 1 aromatic rings. The Balaban J connectivity index is 2.42. The van der Waals surface area contributed by atoms with Crippen LogP contribution in [-0.4, -0.2) is 45.1 Å². The van der Waals surface area contributed by atoms with Gasteiger partial charge >= 0.3 is 6.16 Å². The van der Waals surface area contributed by atoms with Crippen LogP contribution in [0.2, 0.25) is 0 Å². The van der Waals surface area contributed by atoms with E-state index in [4.69, 9.17) is 9.47 Å². The van der Waals surface area contributed by atoms with E-state index in [9.17, 15) is 18.0 Å². The molecule has 1 aromatic carbocycles. The molecule has 130 valence electrons. The standard InChI is InChI=1S/C15H17NO7S/c1-4-21-15(18)23-10(2)22-14-11-7-5-6-8-13(11)24(19,20)16(3)12(14)9-17/h5-10H,4H2,1-3H3/t10-/m0/s1. The van der Waals surface area contributed by atoms with E-state index in [2.05, 4.69) is 4.74 Å². The van der Waals surface area contributed by atoms with Crippen molar-refractivity contribution in [1.29, 1.82) is 0 Å². The summed E-state index contributed by atoms with van der Waals surface area (Å²) in [4.78, 5) is 22.7. The van der Waals surface area contributed by atoms with E-state index in [1.54, 1.807) is 19.1 Å². The van der Waals surface area contributed by atoms with Gasteiger partial charge in [-0.15, -0.1) is 0 Å². The molecule has 8 nitrogen and oxygen atoms in total. The Kier molecular flexibility index (Phi) is 5.13. The summed E-state index contributed by atoms with van der Waals surface area (Å²) >= 11 is 0. The molecule has 0 saturated carbocycles. The first-order valence-corrected chi connectivity index (χ1v) is 8.54. The zero-order valence-corrected chi connectivity index (χ0v) is 14.2. The molecule has 9 heteroatoms. The Bertz CT molecular complexity index is 785. The lowest BCUT2D eigenvalue weighted by Gasteiger charge is -2.29. The number of hydrogen-bond donors (Lipinski definition) is 0. The van der Waals surface area contributed by atoms with Gasteiger partial charge in [-0.3, -0.25) is 9.10 Å². The predicted octanol–water partition coefficient (Wildman–Crippen LogP) is 1.72. The van der Waals surface area contributed by atoms with E-state index in [0.29, 0.717) is 6.29 Å². The van der Waals surface area contributed by atoms with Crippen LogP contribution in [0.1, 0.15) is 19.4 Å². The Morgan fingerprint density at radius 3 is 2.62 bits per heavy atom. The van der Waals surface area contributed by atoms with Gasteiger partial charge in [0.1, 0.15) is 5.70 Å². The second-order valence-corrected chi connectivity index (χ2v) is 6.72. The van der Waals surface area contributed by atoms with Gasteiger partial charge in [-0.25, -0.2) is 13.2 Å². The number of aldehydes is 1. The topological polar surface area (TPSA) is 99.2 Å². The molecule has 2 rings (SSSR count). The zero-order chi connectivity index (χ0) is 17.9. The number of allylic oxidation sites excluding steroid dienone is 1. The van der Waals surface area contributed by atoms with E-state index in [-0.39, 0.29) is 28.5 Å². The summed E-state index contributed by atoms with van der Waals surface area (Å²) in [6.45, 7) is 3.19. The monoisotopic (exact) mass is 355 g/mol. The highest BCUT2D eigenvalue weighted by molar-refractivity contribution is 7.89. The Hall–Kier alpha value is -2.55. The first kappa shape index (κ1) is 17.8. The van der Waals surface area contributed by atoms with Crippen LogP contribution in [0.15, 0.2) is 34.9 Å². The second kappa shape index (κ2) is 6.91.